The lowest BCUT2D eigenvalue weighted by atomic mass is 10.2. The fourth-order valence-corrected chi connectivity index (χ4v) is 3.26. The highest BCUT2D eigenvalue weighted by molar-refractivity contribution is 7.91. The van der Waals surface area contributed by atoms with Crippen molar-refractivity contribution in [1.29, 1.82) is 0 Å². The molecular weight excluding hydrogens is 198 g/mol. The lowest BCUT2D eigenvalue weighted by Crippen LogP contribution is -2.33. The van der Waals surface area contributed by atoms with Gasteiger partial charge in [0.15, 0.2) is 9.84 Å². The summed E-state index contributed by atoms with van der Waals surface area (Å²) in [5, 5.41) is 3.06. The van der Waals surface area contributed by atoms with E-state index >= 15 is 0 Å². The first-order valence-electron chi connectivity index (χ1n) is 5.43. The molecule has 86 valence electrons. The van der Waals surface area contributed by atoms with Crippen LogP contribution in [0.4, 0.5) is 0 Å². The van der Waals surface area contributed by atoms with E-state index < -0.39 is 9.84 Å². The van der Waals surface area contributed by atoms with Crippen LogP contribution in [0.25, 0.3) is 0 Å². The molecule has 0 spiro atoms. The topological polar surface area (TPSA) is 46.2 Å². The maximum Gasteiger partial charge on any atom is 0.151 e. The van der Waals surface area contributed by atoms with Crippen LogP contribution in [-0.4, -0.2) is 33.0 Å². The average Bonchev–Trinajstić information content (AvgIpc) is 2.14. The summed E-state index contributed by atoms with van der Waals surface area (Å²) < 4.78 is 23.2. The zero-order chi connectivity index (χ0) is 11.0. The molecule has 0 heterocycles. The Morgan fingerprint density at radius 2 is 1.86 bits per heavy atom. The van der Waals surface area contributed by atoms with E-state index in [1.54, 1.807) is 0 Å². The molecule has 0 aromatic rings. The molecule has 0 aliphatic heterocycles. The van der Waals surface area contributed by atoms with E-state index in [1.807, 2.05) is 14.0 Å². The van der Waals surface area contributed by atoms with Gasteiger partial charge in [0.25, 0.3) is 0 Å². The smallest absolute Gasteiger partial charge is 0.151 e. The fraction of sp³-hybridized carbons (Fsp3) is 1.00. The van der Waals surface area contributed by atoms with Crippen LogP contribution in [0.15, 0.2) is 0 Å². The lowest BCUT2D eigenvalue weighted by Gasteiger charge is -2.14. The molecule has 1 unspecified atom stereocenters. The molecule has 0 bridgehead atoms. The summed E-state index contributed by atoms with van der Waals surface area (Å²) in [6, 6.07) is 0.127. The van der Waals surface area contributed by atoms with E-state index in [4.69, 9.17) is 0 Å². The summed E-state index contributed by atoms with van der Waals surface area (Å²) in [4.78, 5) is 0. The molecule has 0 aliphatic carbocycles. The Morgan fingerprint density at radius 1 is 1.21 bits per heavy atom. The number of hydrogen-bond acceptors (Lipinski definition) is 3. The summed E-state index contributed by atoms with van der Waals surface area (Å²) in [6.45, 7) is 4.08. The van der Waals surface area contributed by atoms with Crippen LogP contribution in [0.1, 0.15) is 39.5 Å². The van der Waals surface area contributed by atoms with Crippen molar-refractivity contribution in [2.75, 3.05) is 18.6 Å². The first kappa shape index (κ1) is 13.9. The lowest BCUT2D eigenvalue weighted by molar-refractivity contribution is 0.535. The molecule has 0 saturated carbocycles. The predicted molar refractivity (Wildman–Crippen MR) is 61.3 cm³/mol. The molecular formula is C10H23NO2S. The molecule has 0 saturated heterocycles. The van der Waals surface area contributed by atoms with E-state index in [0.29, 0.717) is 5.75 Å². The molecule has 0 rings (SSSR count). The molecule has 0 radical (unpaired) electrons. The molecule has 0 fully saturated rings. The van der Waals surface area contributed by atoms with Gasteiger partial charge in [0.05, 0.1) is 11.5 Å². The van der Waals surface area contributed by atoms with Gasteiger partial charge in [0.2, 0.25) is 0 Å². The Kier molecular flexibility index (Phi) is 7.19. The van der Waals surface area contributed by atoms with Crippen molar-refractivity contribution < 1.29 is 8.42 Å². The second-order valence-corrected chi connectivity index (χ2v) is 5.97. The van der Waals surface area contributed by atoms with Gasteiger partial charge in [-0.3, -0.25) is 0 Å². The van der Waals surface area contributed by atoms with Crippen molar-refractivity contribution in [3.63, 3.8) is 0 Å². The van der Waals surface area contributed by atoms with Crippen molar-refractivity contribution in [2.24, 2.45) is 0 Å². The van der Waals surface area contributed by atoms with Gasteiger partial charge in [-0.25, -0.2) is 8.42 Å². The fourth-order valence-electron chi connectivity index (χ4n) is 1.41. The van der Waals surface area contributed by atoms with Gasteiger partial charge in [-0.05, 0) is 19.9 Å². The third kappa shape index (κ3) is 6.38. The second kappa shape index (κ2) is 7.23. The van der Waals surface area contributed by atoms with E-state index in [1.165, 1.54) is 0 Å². The van der Waals surface area contributed by atoms with Gasteiger partial charge in [-0.2, -0.15) is 0 Å². The standard InChI is InChI=1S/C10H23NO2S/c1-4-6-8-14(12,13)9-10(11-3)7-5-2/h10-11H,4-9H2,1-3H3. The summed E-state index contributed by atoms with van der Waals surface area (Å²) in [5.41, 5.74) is 0. The largest absolute Gasteiger partial charge is 0.316 e. The highest BCUT2D eigenvalue weighted by atomic mass is 32.2. The first-order valence-corrected chi connectivity index (χ1v) is 7.25. The zero-order valence-electron chi connectivity index (χ0n) is 9.54. The third-order valence-corrected chi connectivity index (χ3v) is 4.13. The summed E-state index contributed by atoms with van der Waals surface area (Å²) >= 11 is 0. The van der Waals surface area contributed by atoms with Crippen LogP contribution in [0.3, 0.4) is 0 Å². The summed E-state index contributed by atoms with van der Waals surface area (Å²) in [6.07, 6.45) is 3.68. The van der Waals surface area contributed by atoms with Crippen molar-refractivity contribution >= 4 is 9.84 Å². The van der Waals surface area contributed by atoms with E-state index in [2.05, 4.69) is 12.2 Å². The number of nitrogens with one attached hydrogen (secondary N) is 1. The van der Waals surface area contributed by atoms with Crippen molar-refractivity contribution in [3.8, 4) is 0 Å². The minimum atomic E-state index is -2.84. The normalized spacial score (nSPS) is 14.2. The van der Waals surface area contributed by atoms with Crippen molar-refractivity contribution in [2.45, 2.75) is 45.6 Å². The number of unbranched alkanes of at least 4 members (excludes halogenated alkanes) is 1. The molecule has 0 amide bonds. The van der Waals surface area contributed by atoms with Gasteiger partial charge < -0.3 is 5.32 Å². The molecule has 0 aromatic carbocycles. The molecule has 4 heteroatoms. The molecule has 0 aliphatic rings. The Labute approximate surface area is 88.2 Å². The van der Waals surface area contributed by atoms with Gasteiger partial charge in [0.1, 0.15) is 0 Å². The molecule has 1 N–H and O–H groups in total. The van der Waals surface area contributed by atoms with Crippen molar-refractivity contribution in [1.82, 2.24) is 5.32 Å². The Bertz CT molecular complexity index is 224. The average molecular weight is 221 g/mol. The van der Waals surface area contributed by atoms with Gasteiger partial charge in [-0.15, -0.1) is 0 Å². The highest BCUT2D eigenvalue weighted by Gasteiger charge is 2.16. The first-order chi connectivity index (χ1) is 6.55. The van der Waals surface area contributed by atoms with Crippen LogP contribution in [-0.2, 0) is 9.84 Å². The predicted octanol–water partition coefficient (Wildman–Crippen LogP) is 1.59. The minimum absolute atomic E-state index is 0.127. The van der Waals surface area contributed by atoms with Crippen LogP contribution in [0.5, 0.6) is 0 Å². The Hall–Kier alpha value is -0.0900. The van der Waals surface area contributed by atoms with Crippen LogP contribution in [0, 0.1) is 0 Å². The summed E-state index contributed by atoms with van der Waals surface area (Å²) in [5.74, 6) is 0.628. The maximum absolute atomic E-state index is 11.6. The highest BCUT2D eigenvalue weighted by Crippen LogP contribution is 2.04. The van der Waals surface area contributed by atoms with Gasteiger partial charge in [0, 0.05) is 6.04 Å². The Morgan fingerprint density at radius 3 is 2.29 bits per heavy atom. The molecule has 0 aromatic heterocycles. The van der Waals surface area contributed by atoms with Crippen LogP contribution < -0.4 is 5.32 Å². The monoisotopic (exact) mass is 221 g/mol. The van der Waals surface area contributed by atoms with E-state index in [9.17, 15) is 8.42 Å². The molecule has 1 atom stereocenters. The van der Waals surface area contributed by atoms with Gasteiger partial charge in [-0.1, -0.05) is 26.7 Å². The maximum atomic E-state index is 11.6. The second-order valence-electron chi connectivity index (χ2n) is 3.74. The number of hydrogen-bond donors (Lipinski definition) is 1. The third-order valence-electron chi connectivity index (χ3n) is 2.31. The number of sulfone groups is 1. The molecule has 14 heavy (non-hydrogen) atoms. The Balaban J connectivity index is 4.04. The number of rotatable bonds is 8. The van der Waals surface area contributed by atoms with E-state index in [-0.39, 0.29) is 11.8 Å². The molecule has 3 nitrogen and oxygen atoms in total. The van der Waals surface area contributed by atoms with Crippen LogP contribution in [0.2, 0.25) is 0 Å². The zero-order valence-corrected chi connectivity index (χ0v) is 10.4. The minimum Gasteiger partial charge on any atom is -0.316 e. The summed E-state index contributed by atoms with van der Waals surface area (Å²) in [7, 11) is -1.01. The van der Waals surface area contributed by atoms with Crippen molar-refractivity contribution in [3.05, 3.63) is 0 Å². The SMILES string of the molecule is CCCCS(=O)(=O)CC(CCC)NC. The van der Waals surface area contributed by atoms with Crippen LogP contribution >= 0.6 is 0 Å². The van der Waals surface area contributed by atoms with Gasteiger partial charge >= 0.3 is 0 Å². The van der Waals surface area contributed by atoms with E-state index in [0.717, 1.165) is 25.7 Å². The quantitative estimate of drug-likeness (QED) is 0.677.